The van der Waals surface area contributed by atoms with Crippen molar-refractivity contribution in [1.29, 1.82) is 0 Å². The zero-order valence-electron chi connectivity index (χ0n) is 75.9. The average molecular weight is 1970 g/mol. The van der Waals surface area contributed by atoms with Gasteiger partial charge in [0, 0.05) is 14.7 Å². The van der Waals surface area contributed by atoms with Gasteiger partial charge in [-0.15, -0.1) is 70.6 Å². The van der Waals surface area contributed by atoms with Gasteiger partial charge in [0.15, 0.2) is 0 Å². The summed E-state index contributed by atoms with van der Waals surface area (Å²) in [5.74, 6) is 7.47. The lowest BCUT2D eigenvalue weighted by molar-refractivity contribution is 0.563. The van der Waals surface area contributed by atoms with Crippen molar-refractivity contribution in [2.45, 2.75) is 427 Å². The molecular weight excluding hydrogens is 1800 g/mol. The minimum Gasteiger partial charge on any atom is -0.117 e. The quantitative estimate of drug-likeness (QED) is 0.0568. The van der Waals surface area contributed by atoms with Crippen molar-refractivity contribution in [3.8, 4) is 0 Å². The van der Waals surface area contributed by atoms with Gasteiger partial charge >= 0.3 is 0 Å². The maximum absolute atomic E-state index is 2.43. The van der Waals surface area contributed by atoms with Crippen LogP contribution in [0, 0.1) is 0 Å². The molecule has 1 aromatic carbocycles. The van der Waals surface area contributed by atoms with Crippen LogP contribution in [-0.2, 0) is 0 Å². The molecule has 0 atom stereocenters. The van der Waals surface area contributed by atoms with Crippen molar-refractivity contribution in [3.05, 3.63) is 135 Å². The molecule has 0 aliphatic carbocycles. The third kappa shape index (κ3) is 51.6. The average Bonchev–Trinajstić information content (AvgIpc) is 1.68. The molecule has 0 saturated carbocycles. The SMILES string of the molecule is CCCCCCCCCCCCSC1=C(SCCCCCCCCCCCC)SC(=C2SC=C(/C=C/c3cc(/C=C/C4=CSC(=C5SC(SCCCCCCCCCCCC)=C(SCCCCCCCCCCCC)S5)S4)cc(/C=C/C4=CSC(=C5SC(SCCCCCCCCCCCC)=C(SCCCCCCCCCCCC)S5)S4)c3)S2)S1. The molecule has 678 valence electrons. The van der Waals surface area contributed by atoms with Gasteiger partial charge in [-0.05, 0) is 142 Å². The second-order valence-corrected chi connectivity index (χ2v) is 55.1. The topological polar surface area (TPSA) is 0 Å². The third-order valence-corrected chi connectivity index (χ3v) is 48.0. The predicted molar refractivity (Wildman–Crippen MR) is 597 cm³/mol. The van der Waals surface area contributed by atoms with Crippen LogP contribution in [0.15, 0.2) is 118 Å². The zero-order valence-corrected chi connectivity index (χ0v) is 90.6. The van der Waals surface area contributed by atoms with Crippen molar-refractivity contribution < 1.29 is 0 Å². The molecule has 0 fully saturated rings. The van der Waals surface area contributed by atoms with E-state index in [9.17, 15) is 0 Å². The fraction of sp³-hybridized carbons (Fsp3) is 0.706. The second kappa shape index (κ2) is 75.8. The van der Waals surface area contributed by atoms with E-state index in [0.717, 1.165) is 0 Å². The summed E-state index contributed by atoms with van der Waals surface area (Å²) < 4.78 is 18.4. The van der Waals surface area contributed by atoms with E-state index in [0.29, 0.717) is 0 Å². The standard InChI is InChI=1S/C102H162S18/c1-7-13-19-25-31-37-43-49-55-61-73-103-91-92(104-74-62-56-50-44-38-32-26-20-14-8-2)116-100(115-91)97-109-82-88(112-97)70-67-85-79-86(68-71-89-83-110-98(113-89)101-117-93(105-75-63-57-51-45-39-33-27-21-15-9-3)94(118-101)106-76-64-58-52-46-40-34-28-22-16-10-4)81-87(80-85)69-72-90-84-111-99(114-90)102-119-95(107-77-65-59-53-47-41-35-29-23-17-11-5)96(120-102)108-78-66-60-54-48-42-36-30-24-18-12-6/h67-72,79-84H,7-66,73-78H2,1-6H3/b70-67+,71-68+,72-69+. The van der Waals surface area contributed by atoms with Gasteiger partial charge in [0.25, 0.3) is 0 Å². The molecule has 7 rings (SSSR count). The van der Waals surface area contributed by atoms with Crippen LogP contribution in [0.5, 0.6) is 0 Å². The predicted octanol–water partition coefficient (Wildman–Crippen LogP) is 44.8. The lowest BCUT2D eigenvalue weighted by Crippen LogP contribution is -1.85. The van der Waals surface area contributed by atoms with Crippen molar-refractivity contribution in [2.75, 3.05) is 34.5 Å². The summed E-state index contributed by atoms with van der Waals surface area (Å²) in [5.41, 5.74) is 3.77. The summed E-state index contributed by atoms with van der Waals surface area (Å²) in [4.78, 5) is 4.04. The Balaban J connectivity index is 1.02. The van der Waals surface area contributed by atoms with E-state index >= 15 is 0 Å². The Hall–Kier alpha value is 2.40. The van der Waals surface area contributed by atoms with Crippen LogP contribution in [0.2, 0.25) is 0 Å². The first-order valence-corrected chi connectivity index (χ1v) is 64.9. The first-order chi connectivity index (χ1) is 59.4. The number of unbranched alkanes of at least 4 members (excludes halogenated alkanes) is 54. The van der Waals surface area contributed by atoms with Crippen LogP contribution >= 0.6 is 212 Å². The highest BCUT2D eigenvalue weighted by Crippen LogP contribution is 2.66. The van der Waals surface area contributed by atoms with E-state index < -0.39 is 0 Å². The molecule has 0 bridgehead atoms. The highest BCUT2D eigenvalue weighted by Gasteiger charge is 2.31. The van der Waals surface area contributed by atoms with Gasteiger partial charge in [0.2, 0.25) is 0 Å². The maximum Gasteiger partial charge on any atom is 0.0717 e. The van der Waals surface area contributed by atoms with Crippen LogP contribution in [0.25, 0.3) is 18.2 Å². The highest BCUT2D eigenvalue weighted by atomic mass is 32.3. The number of hydrogen-bond donors (Lipinski definition) is 0. The number of hydrogen-bond acceptors (Lipinski definition) is 18. The Morgan fingerprint density at radius 3 is 0.483 bits per heavy atom. The molecule has 6 aliphatic rings. The molecule has 0 amide bonds. The maximum atomic E-state index is 2.43. The van der Waals surface area contributed by atoms with Gasteiger partial charge < -0.3 is 0 Å². The minimum absolute atomic E-state index is 1.25. The summed E-state index contributed by atoms with van der Waals surface area (Å²) in [6.45, 7) is 14.0. The first kappa shape index (κ1) is 109. The largest absolute Gasteiger partial charge is 0.117 e. The van der Waals surface area contributed by atoms with Crippen molar-refractivity contribution in [1.82, 2.24) is 0 Å². The molecule has 6 heterocycles. The Morgan fingerprint density at radius 2 is 0.325 bits per heavy atom. The number of rotatable bonds is 78. The van der Waals surface area contributed by atoms with Gasteiger partial charge in [0.05, 0.1) is 50.8 Å². The molecule has 6 aliphatic heterocycles. The molecule has 0 spiro atoms. The molecule has 0 N–H and O–H groups in total. The second-order valence-electron chi connectivity index (χ2n) is 33.4. The lowest BCUT2D eigenvalue weighted by atomic mass is 10.0. The lowest BCUT2D eigenvalue weighted by Gasteiger charge is -2.06. The highest BCUT2D eigenvalue weighted by molar-refractivity contribution is 8.44. The van der Waals surface area contributed by atoms with Crippen LogP contribution in [-0.4, -0.2) is 34.5 Å². The van der Waals surface area contributed by atoms with Crippen molar-refractivity contribution in [3.63, 3.8) is 0 Å². The Kier molecular flexibility index (Phi) is 69.1. The summed E-state index contributed by atoms with van der Waals surface area (Å²) >= 11 is 37.4. The Labute approximate surface area is 816 Å². The van der Waals surface area contributed by atoms with Crippen LogP contribution in [0.1, 0.15) is 443 Å². The van der Waals surface area contributed by atoms with Crippen LogP contribution in [0.3, 0.4) is 0 Å². The van der Waals surface area contributed by atoms with E-state index in [1.54, 1.807) is 25.4 Å². The molecule has 0 unspecified atom stereocenters. The molecule has 0 radical (unpaired) electrons. The summed E-state index contributed by atoms with van der Waals surface area (Å²) in [6, 6.07) is 7.28. The minimum atomic E-state index is 1.25. The molecular formula is C102H162S18. The number of allylic oxidation sites excluding steroid dienone is 3. The van der Waals surface area contributed by atoms with E-state index in [-0.39, 0.29) is 0 Å². The molecule has 0 saturated heterocycles. The van der Waals surface area contributed by atoms with E-state index in [2.05, 4.69) is 254 Å². The van der Waals surface area contributed by atoms with E-state index in [4.69, 9.17) is 0 Å². The Bertz CT molecular complexity index is 2820. The van der Waals surface area contributed by atoms with E-state index in [1.807, 2.05) is 70.6 Å². The van der Waals surface area contributed by atoms with E-state index in [1.165, 1.54) is 477 Å². The summed E-state index contributed by atoms with van der Waals surface area (Å²) in [5, 5.41) is 7.28. The first-order valence-electron chi connectivity index (χ1n) is 49.0. The zero-order chi connectivity index (χ0) is 84.3. The third-order valence-electron chi connectivity index (χ3n) is 22.3. The molecule has 0 nitrogen and oxygen atoms in total. The van der Waals surface area contributed by atoms with Gasteiger partial charge in [-0.3, -0.25) is 0 Å². The monoisotopic (exact) mass is 1960 g/mol. The molecule has 1 aromatic rings. The molecule has 0 aromatic heterocycles. The summed E-state index contributed by atoms with van der Waals surface area (Å²) in [6.07, 6.45) is 98.4. The van der Waals surface area contributed by atoms with Crippen LogP contribution in [0.4, 0.5) is 0 Å². The number of thioether (sulfide) groups is 18. The fourth-order valence-corrected chi connectivity index (χ4v) is 40.3. The normalized spacial score (nSPS) is 16.1. The van der Waals surface area contributed by atoms with Gasteiger partial charge in [-0.1, -0.05) is 548 Å². The van der Waals surface area contributed by atoms with Crippen molar-refractivity contribution in [2.24, 2.45) is 0 Å². The number of benzene rings is 1. The van der Waals surface area contributed by atoms with Gasteiger partial charge in [0.1, 0.15) is 0 Å². The van der Waals surface area contributed by atoms with Gasteiger partial charge in [-0.2, -0.15) is 0 Å². The van der Waals surface area contributed by atoms with Crippen LogP contribution < -0.4 is 0 Å². The fourth-order valence-electron chi connectivity index (χ4n) is 14.9. The Morgan fingerprint density at radius 1 is 0.175 bits per heavy atom. The van der Waals surface area contributed by atoms with Crippen molar-refractivity contribution >= 4 is 230 Å². The van der Waals surface area contributed by atoms with Gasteiger partial charge in [-0.25, -0.2) is 0 Å². The summed E-state index contributed by atoms with van der Waals surface area (Å²) in [7, 11) is 0. The smallest absolute Gasteiger partial charge is 0.0717 e. The molecule has 120 heavy (non-hydrogen) atoms. The molecule has 18 heteroatoms.